The molecule has 0 aromatic heterocycles. The number of sulfonamides is 1. The van der Waals surface area contributed by atoms with E-state index in [0.717, 1.165) is 30.6 Å². The van der Waals surface area contributed by atoms with E-state index in [9.17, 15) is 8.42 Å². The molecule has 3 aliphatic rings. The quantitative estimate of drug-likeness (QED) is 0.829. The summed E-state index contributed by atoms with van der Waals surface area (Å²) < 4.78 is 33.2. The van der Waals surface area contributed by atoms with Gasteiger partial charge in [-0.15, -0.1) is 0 Å². The predicted molar refractivity (Wildman–Crippen MR) is 82.9 cm³/mol. The lowest BCUT2D eigenvalue weighted by Crippen LogP contribution is -2.56. The van der Waals surface area contributed by atoms with E-state index in [4.69, 9.17) is 4.74 Å². The Labute approximate surface area is 131 Å². The van der Waals surface area contributed by atoms with E-state index >= 15 is 0 Å². The average Bonchev–Trinajstić information content (AvgIpc) is 3.13. The maximum atomic E-state index is 13.1. The summed E-state index contributed by atoms with van der Waals surface area (Å²) >= 11 is 0. The maximum absolute atomic E-state index is 13.1. The van der Waals surface area contributed by atoms with Crippen molar-refractivity contribution in [3.8, 4) is 0 Å². The highest BCUT2D eigenvalue weighted by atomic mass is 32.2. The van der Waals surface area contributed by atoms with E-state index in [2.05, 4.69) is 4.90 Å². The van der Waals surface area contributed by atoms with Crippen molar-refractivity contribution in [2.45, 2.75) is 50.0 Å². The summed E-state index contributed by atoms with van der Waals surface area (Å²) in [5.74, 6) is 0. The van der Waals surface area contributed by atoms with Crippen molar-refractivity contribution in [2.24, 2.45) is 0 Å². The zero-order valence-corrected chi connectivity index (χ0v) is 13.7. The third-order valence-electron chi connectivity index (χ3n) is 5.18. The van der Waals surface area contributed by atoms with Gasteiger partial charge < -0.3 is 4.74 Å². The molecule has 2 atom stereocenters. The fourth-order valence-corrected chi connectivity index (χ4v) is 5.65. The van der Waals surface area contributed by atoms with Gasteiger partial charge in [0.1, 0.15) is 0 Å². The third kappa shape index (κ3) is 2.29. The molecular formula is C16H22N2O3S. The number of hydrogen-bond donors (Lipinski definition) is 0. The summed E-state index contributed by atoms with van der Waals surface area (Å²) in [5, 5.41) is 0. The van der Waals surface area contributed by atoms with Crippen LogP contribution >= 0.6 is 0 Å². The second kappa shape index (κ2) is 5.30. The van der Waals surface area contributed by atoms with Crippen molar-refractivity contribution in [3.05, 3.63) is 29.3 Å². The highest BCUT2D eigenvalue weighted by molar-refractivity contribution is 7.89. The molecule has 0 amide bonds. The lowest BCUT2D eigenvalue weighted by atomic mass is 10.1. The minimum absolute atomic E-state index is 0.0313. The van der Waals surface area contributed by atoms with Gasteiger partial charge in [-0.2, -0.15) is 4.31 Å². The second-order valence-electron chi connectivity index (χ2n) is 6.64. The smallest absolute Gasteiger partial charge is 0.243 e. The van der Waals surface area contributed by atoms with E-state index in [1.807, 2.05) is 13.0 Å². The topological polar surface area (TPSA) is 49.9 Å². The molecule has 0 bridgehead atoms. The van der Waals surface area contributed by atoms with Crippen molar-refractivity contribution in [1.29, 1.82) is 0 Å². The molecular weight excluding hydrogens is 300 g/mol. The summed E-state index contributed by atoms with van der Waals surface area (Å²) in [6, 6.07) is 5.85. The molecule has 22 heavy (non-hydrogen) atoms. The van der Waals surface area contributed by atoms with Gasteiger partial charge in [0.25, 0.3) is 0 Å². The fourth-order valence-electron chi connectivity index (χ4n) is 3.94. The summed E-state index contributed by atoms with van der Waals surface area (Å²) in [6.07, 6.45) is 2.29. The molecule has 0 spiro atoms. The van der Waals surface area contributed by atoms with Gasteiger partial charge in [0.05, 0.1) is 18.1 Å². The Hall–Kier alpha value is -0.950. The van der Waals surface area contributed by atoms with E-state index in [-0.39, 0.29) is 6.04 Å². The van der Waals surface area contributed by atoms with E-state index in [1.54, 1.807) is 16.4 Å². The van der Waals surface area contributed by atoms with Crippen LogP contribution in [0.1, 0.15) is 30.9 Å². The Bertz CT molecular complexity index is 689. The molecule has 1 aromatic rings. The van der Waals surface area contributed by atoms with Crippen LogP contribution < -0.4 is 0 Å². The Morgan fingerprint density at radius 1 is 1.18 bits per heavy atom. The van der Waals surface area contributed by atoms with Crippen LogP contribution in [0.5, 0.6) is 0 Å². The zero-order valence-electron chi connectivity index (χ0n) is 12.9. The highest BCUT2D eigenvalue weighted by Crippen LogP contribution is 2.30. The van der Waals surface area contributed by atoms with Gasteiger partial charge in [0.2, 0.25) is 10.0 Å². The zero-order chi connectivity index (χ0) is 15.3. The summed E-state index contributed by atoms with van der Waals surface area (Å²) in [4.78, 5) is 2.85. The molecule has 0 aliphatic carbocycles. The van der Waals surface area contributed by atoms with Gasteiger partial charge in [-0.25, -0.2) is 8.42 Å². The summed E-state index contributed by atoms with van der Waals surface area (Å²) in [7, 11) is -3.42. The molecule has 120 valence electrons. The molecule has 5 nitrogen and oxygen atoms in total. The van der Waals surface area contributed by atoms with Crippen molar-refractivity contribution in [1.82, 2.24) is 9.21 Å². The Morgan fingerprint density at radius 2 is 2.00 bits per heavy atom. The SMILES string of the molecule is C[C@H]1CN2CCC[C@H]2CN1S(=O)(=O)c1ccc2c(c1)COC2. The van der Waals surface area contributed by atoms with Gasteiger partial charge in [-0.3, -0.25) is 4.90 Å². The van der Waals surface area contributed by atoms with E-state index < -0.39 is 10.0 Å². The van der Waals surface area contributed by atoms with Gasteiger partial charge in [0.15, 0.2) is 0 Å². The van der Waals surface area contributed by atoms with Crippen molar-refractivity contribution in [2.75, 3.05) is 19.6 Å². The van der Waals surface area contributed by atoms with Gasteiger partial charge >= 0.3 is 0 Å². The average molecular weight is 322 g/mol. The van der Waals surface area contributed by atoms with Crippen molar-refractivity contribution < 1.29 is 13.2 Å². The lowest BCUT2D eigenvalue weighted by Gasteiger charge is -2.41. The molecule has 2 fully saturated rings. The van der Waals surface area contributed by atoms with Crippen molar-refractivity contribution in [3.63, 3.8) is 0 Å². The van der Waals surface area contributed by atoms with Crippen LogP contribution in [0.15, 0.2) is 23.1 Å². The molecule has 0 N–H and O–H groups in total. The monoisotopic (exact) mass is 322 g/mol. The number of rotatable bonds is 2. The van der Waals surface area contributed by atoms with Crippen LogP contribution in [0.3, 0.4) is 0 Å². The van der Waals surface area contributed by atoms with Crippen molar-refractivity contribution >= 4 is 10.0 Å². The molecule has 0 saturated carbocycles. The normalized spacial score (nSPS) is 29.5. The minimum atomic E-state index is -3.42. The highest BCUT2D eigenvalue weighted by Gasteiger charge is 2.40. The first-order valence-electron chi connectivity index (χ1n) is 8.01. The van der Waals surface area contributed by atoms with Gasteiger partial charge in [-0.1, -0.05) is 6.07 Å². The largest absolute Gasteiger partial charge is 0.372 e. The first kappa shape index (κ1) is 14.6. The number of ether oxygens (including phenoxy) is 1. The standard InChI is InChI=1S/C16H22N2O3S/c1-12-8-17-6-2-3-15(17)9-18(12)22(19,20)16-5-4-13-10-21-11-14(13)7-16/h4-5,7,12,15H,2-3,6,8-11H2,1H3/t12-,15-/m0/s1. The molecule has 6 heteroatoms. The predicted octanol–water partition coefficient (Wildman–Crippen LogP) is 1.57. The number of nitrogens with zero attached hydrogens (tertiary/aromatic N) is 2. The summed E-state index contributed by atoms with van der Waals surface area (Å²) in [5.41, 5.74) is 2.11. The molecule has 4 rings (SSSR count). The molecule has 2 saturated heterocycles. The fraction of sp³-hybridized carbons (Fsp3) is 0.625. The van der Waals surface area contributed by atoms with Crippen LogP contribution in [0.4, 0.5) is 0 Å². The molecule has 1 aromatic carbocycles. The lowest BCUT2D eigenvalue weighted by molar-refractivity contribution is 0.117. The van der Waals surface area contributed by atoms with Gasteiger partial charge in [0, 0.05) is 25.2 Å². The Kier molecular flexibility index (Phi) is 3.52. The molecule has 3 aliphatic heterocycles. The van der Waals surface area contributed by atoms with E-state index in [1.165, 1.54) is 6.42 Å². The van der Waals surface area contributed by atoms with Crippen LogP contribution in [-0.4, -0.2) is 49.3 Å². The van der Waals surface area contributed by atoms with Crippen LogP contribution in [0.25, 0.3) is 0 Å². The van der Waals surface area contributed by atoms with Crippen LogP contribution in [0, 0.1) is 0 Å². The number of hydrogen-bond acceptors (Lipinski definition) is 4. The molecule has 0 unspecified atom stereocenters. The first-order chi connectivity index (χ1) is 10.6. The third-order valence-corrected chi connectivity index (χ3v) is 7.16. The van der Waals surface area contributed by atoms with Crippen LogP contribution in [0.2, 0.25) is 0 Å². The van der Waals surface area contributed by atoms with Crippen LogP contribution in [-0.2, 0) is 28.0 Å². The van der Waals surface area contributed by atoms with Gasteiger partial charge in [-0.05, 0) is 49.6 Å². The Balaban J connectivity index is 1.65. The molecule has 0 radical (unpaired) electrons. The first-order valence-corrected chi connectivity index (χ1v) is 9.45. The van der Waals surface area contributed by atoms with E-state index in [0.29, 0.717) is 30.7 Å². The Morgan fingerprint density at radius 3 is 2.86 bits per heavy atom. The number of piperazine rings is 1. The number of fused-ring (bicyclic) bond motifs is 2. The minimum Gasteiger partial charge on any atom is -0.372 e. The summed E-state index contributed by atoms with van der Waals surface area (Å²) in [6.45, 7) is 5.70. The number of benzene rings is 1. The second-order valence-corrected chi connectivity index (χ2v) is 8.53. The molecule has 3 heterocycles. The maximum Gasteiger partial charge on any atom is 0.243 e.